The number of piperazine rings is 1. The maximum Gasteiger partial charge on any atom is 0.240 e. The van der Waals surface area contributed by atoms with E-state index >= 15 is 0 Å². The number of nitrogens with zero attached hydrogens (tertiary/aromatic N) is 1. The zero-order chi connectivity index (χ0) is 17.5. The lowest BCUT2D eigenvalue weighted by Crippen LogP contribution is -2.55. The van der Waals surface area contributed by atoms with Crippen LogP contribution < -0.4 is 10.6 Å². The van der Waals surface area contributed by atoms with E-state index in [0.29, 0.717) is 31.8 Å². The van der Waals surface area contributed by atoms with Gasteiger partial charge in [-0.25, -0.2) is 8.78 Å². The third kappa shape index (κ3) is 6.56. The predicted octanol–water partition coefficient (Wildman–Crippen LogP) is 0.840. The van der Waals surface area contributed by atoms with Crippen molar-refractivity contribution in [3.8, 4) is 0 Å². The van der Waals surface area contributed by atoms with Crippen LogP contribution in [0.15, 0.2) is 18.2 Å². The van der Waals surface area contributed by atoms with Crippen molar-refractivity contribution >= 4 is 24.2 Å². The highest BCUT2D eigenvalue weighted by molar-refractivity contribution is 5.88. The molecule has 2 N–H and O–H groups in total. The van der Waals surface area contributed by atoms with Crippen LogP contribution in [0.3, 0.4) is 0 Å². The summed E-state index contributed by atoms with van der Waals surface area (Å²) in [6, 6.07) is 2.55. The number of hydrogen-bond donors (Lipinski definition) is 2. The number of methoxy groups -OCH3 is 1. The fraction of sp³-hybridized carbons (Fsp3) is 0.500. The molecule has 0 saturated carbocycles. The Bertz CT molecular complexity index is 584. The molecule has 25 heavy (non-hydrogen) atoms. The summed E-state index contributed by atoms with van der Waals surface area (Å²) in [7, 11) is 1.53. The average molecular weight is 378 g/mol. The lowest BCUT2D eigenvalue weighted by atomic mass is 10.1. The van der Waals surface area contributed by atoms with Gasteiger partial charge in [0.2, 0.25) is 11.8 Å². The molecule has 1 fully saturated rings. The quantitative estimate of drug-likeness (QED) is 0.691. The summed E-state index contributed by atoms with van der Waals surface area (Å²) in [4.78, 5) is 25.7. The first-order valence-electron chi connectivity index (χ1n) is 7.72. The second-order valence-corrected chi connectivity index (χ2v) is 5.59. The number of benzene rings is 1. The normalized spacial score (nSPS) is 17.2. The van der Waals surface area contributed by atoms with E-state index < -0.39 is 17.7 Å². The Labute approximate surface area is 151 Å². The van der Waals surface area contributed by atoms with Crippen molar-refractivity contribution in [2.75, 3.05) is 33.4 Å². The van der Waals surface area contributed by atoms with Crippen LogP contribution in [0.1, 0.15) is 12.0 Å². The monoisotopic (exact) mass is 377 g/mol. The van der Waals surface area contributed by atoms with Gasteiger partial charge in [-0.15, -0.1) is 12.4 Å². The number of halogens is 3. The first-order valence-corrected chi connectivity index (χ1v) is 7.72. The third-order valence-electron chi connectivity index (χ3n) is 3.70. The standard InChI is InChI=1S/C16H21F2N3O3.ClH/c1-24-5-3-20-15(22)9-14-16(23)21(4-2-19-14)10-11-6-12(17)8-13(18)7-11;/h6-8,14,19H,2-5,9-10H2,1H3,(H,20,22);1H. The molecule has 1 unspecified atom stereocenters. The molecule has 1 atom stereocenters. The van der Waals surface area contributed by atoms with E-state index in [1.54, 1.807) is 0 Å². The second-order valence-electron chi connectivity index (χ2n) is 5.59. The molecular formula is C16H22ClF2N3O3. The minimum atomic E-state index is -0.679. The topological polar surface area (TPSA) is 70.7 Å². The van der Waals surface area contributed by atoms with E-state index in [2.05, 4.69) is 10.6 Å². The fourth-order valence-corrected chi connectivity index (χ4v) is 2.58. The number of nitrogens with one attached hydrogen (secondary N) is 2. The molecule has 6 nitrogen and oxygen atoms in total. The van der Waals surface area contributed by atoms with Crippen LogP contribution in [-0.4, -0.2) is 56.1 Å². The number of ether oxygens (including phenoxy) is 1. The number of hydrogen-bond acceptors (Lipinski definition) is 4. The molecule has 1 aliphatic heterocycles. The molecule has 0 radical (unpaired) electrons. The summed E-state index contributed by atoms with van der Waals surface area (Å²) in [5.41, 5.74) is 0.381. The number of amides is 2. The van der Waals surface area contributed by atoms with Gasteiger partial charge < -0.3 is 20.3 Å². The van der Waals surface area contributed by atoms with Gasteiger partial charge in [0.15, 0.2) is 0 Å². The lowest BCUT2D eigenvalue weighted by molar-refractivity contribution is -0.138. The van der Waals surface area contributed by atoms with Crippen LogP contribution in [-0.2, 0) is 20.9 Å². The molecule has 1 aliphatic rings. The Hall–Kier alpha value is -1.77. The summed E-state index contributed by atoms with van der Waals surface area (Å²) in [5.74, 6) is -1.87. The Morgan fingerprint density at radius 1 is 1.36 bits per heavy atom. The fourth-order valence-electron chi connectivity index (χ4n) is 2.58. The van der Waals surface area contributed by atoms with E-state index in [0.717, 1.165) is 6.07 Å². The van der Waals surface area contributed by atoms with Gasteiger partial charge in [-0.05, 0) is 17.7 Å². The molecule has 1 heterocycles. The van der Waals surface area contributed by atoms with E-state index in [9.17, 15) is 18.4 Å². The van der Waals surface area contributed by atoms with E-state index in [1.165, 1.54) is 24.1 Å². The van der Waals surface area contributed by atoms with Crippen molar-refractivity contribution in [3.63, 3.8) is 0 Å². The molecule has 140 valence electrons. The molecule has 1 aromatic rings. The highest BCUT2D eigenvalue weighted by atomic mass is 35.5. The second kappa shape index (κ2) is 10.3. The van der Waals surface area contributed by atoms with Crippen molar-refractivity contribution in [3.05, 3.63) is 35.4 Å². The molecule has 1 saturated heterocycles. The van der Waals surface area contributed by atoms with Crippen molar-refractivity contribution in [1.29, 1.82) is 0 Å². The van der Waals surface area contributed by atoms with E-state index in [-0.39, 0.29) is 37.2 Å². The smallest absolute Gasteiger partial charge is 0.240 e. The summed E-state index contributed by atoms with van der Waals surface area (Å²) < 4.78 is 31.4. The first-order chi connectivity index (χ1) is 11.5. The van der Waals surface area contributed by atoms with Crippen molar-refractivity contribution < 1.29 is 23.1 Å². The van der Waals surface area contributed by atoms with Gasteiger partial charge in [0, 0.05) is 39.4 Å². The van der Waals surface area contributed by atoms with Crippen LogP contribution >= 0.6 is 12.4 Å². The van der Waals surface area contributed by atoms with Crippen LogP contribution in [0.2, 0.25) is 0 Å². The zero-order valence-corrected chi connectivity index (χ0v) is 14.7. The number of carbonyl (C=O) groups excluding carboxylic acids is 2. The van der Waals surface area contributed by atoms with Crippen molar-refractivity contribution in [2.45, 2.75) is 19.0 Å². The van der Waals surface area contributed by atoms with E-state index in [1.807, 2.05) is 0 Å². The van der Waals surface area contributed by atoms with Gasteiger partial charge in [0.25, 0.3) is 0 Å². The highest BCUT2D eigenvalue weighted by Gasteiger charge is 2.30. The summed E-state index contributed by atoms with van der Waals surface area (Å²) in [5, 5.41) is 5.65. The minimum Gasteiger partial charge on any atom is -0.383 e. The van der Waals surface area contributed by atoms with Crippen LogP contribution in [0.5, 0.6) is 0 Å². The Balaban J connectivity index is 0.00000312. The molecule has 0 bridgehead atoms. The summed E-state index contributed by atoms with van der Waals surface area (Å²) >= 11 is 0. The average Bonchev–Trinajstić information content (AvgIpc) is 2.50. The minimum absolute atomic E-state index is 0. The maximum absolute atomic E-state index is 13.3. The maximum atomic E-state index is 13.3. The molecule has 1 aromatic carbocycles. The molecule has 2 amide bonds. The Kier molecular flexibility index (Phi) is 8.74. The third-order valence-corrected chi connectivity index (χ3v) is 3.70. The van der Waals surface area contributed by atoms with Crippen molar-refractivity contribution in [1.82, 2.24) is 15.5 Å². The number of carbonyl (C=O) groups is 2. The zero-order valence-electron chi connectivity index (χ0n) is 13.9. The molecule has 0 aromatic heterocycles. The predicted molar refractivity (Wildman–Crippen MR) is 90.3 cm³/mol. The molecule has 0 aliphatic carbocycles. The molecular weight excluding hydrogens is 356 g/mol. The van der Waals surface area contributed by atoms with Gasteiger partial charge >= 0.3 is 0 Å². The van der Waals surface area contributed by atoms with Gasteiger partial charge in [0.05, 0.1) is 19.1 Å². The Morgan fingerprint density at radius 3 is 2.68 bits per heavy atom. The van der Waals surface area contributed by atoms with Crippen LogP contribution in [0.25, 0.3) is 0 Å². The van der Waals surface area contributed by atoms with Gasteiger partial charge in [-0.2, -0.15) is 0 Å². The molecule has 0 spiro atoms. The molecule has 9 heteroatoms. The van der Waals surface area contributed by atoms with Gasteiger partial charge in [0.1, 0.15) is 11.6 Å². The summed E-state index contributed by atoms with van der Waals surface area (Å²) in [6.07, 6.45) is 0.0105. The van der Waals surface area contributed by atoms with E-state index in [4.69, 9.17) is 4.74 Å². The largest absolute Gasteiger partial charge is 0.383 e. The van der Waals surface area contributed by atoms with Gasteiger partial charge in [-0.3, -0.25) is 9.59 Å². The number of rotatable bonds is 7. The lowest BCUT2D eigenvalue weighted by Gasteiger charge is -2.33. The van der Waals surface area contributed by atoms with Crippen LogP contribution in [0, 0.1) is 11.6 Å². The van der Waals surface area contributed by atoms with Gasteiger partial charge in [-0.1, -0.05) is 0 Å². The van der Waals surface area contributed by atoms with Crippen molar-refractivity contribution in [2.24, 2.45) is 0 Å². The highest BCUT2D eigenvalue weighted by Crippen LogP contribution is 2.13. The SMILES string of the molecule is COCCNC(=O)CC1NCCN(Cc2cc(F)cc(F)c2)C1=O.Cl. The van der Waals surface area contributed by atoms with Crippen LogP contribution in [0.4, 0.5) is 8.78 Å². The summed E-state index contributed by atoms with van der Waals surface area (Å²) in [6.45, 7) is 1.81. The Morgan fingerprint density at radius 2 is 2.04 bits per heavy atom. The molecule has 2 rings (SSSR count). The first kappa shape index (κ1) is 21.3.